The lowest BCUT2D eigenvalue weighted by atomic mass is 9.95. The molecule has 6 heteroatoms. The van der Waals surface area contributed by atoms with Crippen molar-refractivity contribution in [2.45, 2.75) is 44.6 Å². The second kappa shape index (κ2) is 10.6. The van der Waals surface area contributed by atoms with Crippen molar-refractivity contribution in [1.29, 1.82) is 0 Å². The maximum absolute atomic E-state index is 11.7. The quantitative estimate of drug-likeness (QED) is 0.528. The maximum Gasteiger partial charge on any atom is 0.234 e. The number of methoxy groups -OCH3 is 1. The Kier molecular flexibility index (Phi) is 8.98. The van der Waals surface area contributed by atoms with Gasteiger partial charge in [0.1, 0.15) is 0 Å². The van der Waals surface area contributed by atoms with Crippen LogP contribution in [0.15, 0.2) is 0 Å². The Balaban J connectivity index is 1.97. The van der Waals surface area contributed by atoms with E-state index in [0.29, 0.717) is 32.2 Å². The van der Waals surface area contributed by atoms with Crippen LogP contribution in [-0.2, 0) is 14.3 Å². The van der Waals surface area contributed by atoms with Crippen LogP contribution < -0.4 is 16.0 Å². The summed E-state index contributed by atoms with van der Waals surface area (Å²) >= 11 is 0. The van der Waals surface area contributed by atoms with Crippen molar-refractivity contribution >= 4 is 11.8 Å². The molecule has 0 unspecified atom stereocenters. The Morgan fingerprint density at radius 3 is 2.55 bits per heavy atom. The van der Waals surface area contributed by atoms with Crippen molar-refractivity contribution in [2.24, 2.45) is 0 Å². The molecular weight excluding hydrogens is 258 g/mol. The van der Waals surface area contributed by atoms with Gasteiger partial charge >= 0.3 is 0 Å². The predicted molar refractivity (Wildman–Crippen MR) is 77.4 cm³/mol. The van der Waals surface area contributed by atoms with E-state index in [-0.39, 0.29) is 18.4 Å². The fourth-order valence-corrected chi connectivity index (χ4v) is 2.31. The lowest BCUT2D eigenvalue weighted by Crippen LogP contribution is -2.42. The van der Waals surface area contributed by atoms with Gasteiger partial charge in [-0.15, -0.1) is 0 Å². The van der Waals surface area contributed by atoms with E-state index in [1.165, 1.54) is 19.3 Å². The Morgan fingerprint density at radius 1 is 1.10 bits per heavy atom. The van der Waals surface area contributed by atoms with Gasteiger partial charge in [0.2, 0.25) is 11.8 Å². The molecule has 116 valence electrons. The van der Waals surface area contributed by atoms with Gasteiger partial charge in [-0.2, -0.15) is 0 Å². The largest absolute Gasteiger partial charge is 0.383 e. The standard InChI is InChI=1S/C14H27N3O3/c1-20-10-9-16-13(18)7-8-15-11-14(19)17-12-5-3-2-4-6-12/h12,15H,2-11H2,1H3,(H,16,18)(H,17,19). The van der Waals surface area contributed by atoms with Gasteiger partial charge in [0.05, 0.1) is 13.2 Å². The molecule has 0 aromatic carbocycles. The zero-order chi connectivity index (χ0) is 14.6. The Labute approximate surface area is 121 Å². The Bertz CT molecular complexity index is 291. The van der Waals surface area contributed by atoms with E-state index in [1.54, 1.807) is 7.11 Å². The summed E-state index contributed by atoms with van der Waals surface area (Å²) in [5.74, 6) is -0.000991. The van der Waals surface area contributed by atoms with Crippen LogP contribution in [-0.4, -0.2) is 51.2 Å². The highest BCUT2D eigenvalue weighted by molar-refractivity contribution is 5.78. The molecule has 3 N–H and O–H groups in total. The molecule has 0 heterocycles. The molecule has 1 aliphatic carbocycles. The zero-order valence-corrected chi connectivity index (χ0v) is 12.4. The molecule has 0 saturated heterocycles. The van der Waals surface area contributed by atoms with Crippen molar-refractivity contribution in [3.8, 4) is 0 Å². The molecule has 6 nitrogen and oxygen atoms in total. The number of rotatable bonds is 9. The molecule has 2 amide bonds. The van der Waals surface area contributed by atoms with Gasteiger partial charge in [-0.3, -0.25) is 9.59 Å². The van der Waals surface area contributed by atoms with Gasteiger partial charge in [0.15, 0.2) is 0 Å². The highest BCUT2D eigenvalue weighted by Gasteiger charge is 2.15. The molecule has 1 aliphatic rings. The fraction of sp³-hybridized carbons (Fsp3) is 0.857. The summed E-state index contributed by atoms with van der Waals surface area (Å²) in [5.41, 5.74) is 0. The van der Waals surface area contributed by atoms with E-state index in [4.69, 9.17) is 4.74 Å². The summed E-state index contributed by atoms with van der Waals surface area (Å²) in [6, 6.07) is 0.343. The van der Waals surface area contributed by atoms with Gasteiger partial charge in [-0.1, -0.05) is 19.3 Å². The molecule has 0 aliphatic heterocycles. The van der Waals surface area contributed by atoms with Crippen LogP contribution in [0.25, 0.3) is 0 Å². The van der Waals surface area contributed by atoms with Crippen molar-refractivity contribution < 1.29 is 14.3 Å². The van der Waals surface area contributed by atoms with Crippen molar-refractivity contribution in [2.75, 3.05) is 33.4 Å². The van der Waals surface area contributed by atoms with Crippen molar-refractivity contribution in [3.05, 3.63) is 0 Å². The van der Waals surface area contributed by atoms with Crippen molar-refractivity contribution in [1.82, 2.24) is 16.0 Å². The monoisotopic (exact) mass is 285 g/mol. The summed E-state index contributed by atoms with van der Waals surface area (Å²) in [7, 11) is 1.60. The number of amides is 2. The summed E-state index contributed by atoms with van der Waals surface area (Å²) in [4.78, 5) is 23.0. The minimum absolute atomic E-state index is 0.0247. The van der Waals surface area contributed by atoms with Crippen LogP contribution in [0.1, 0.15) is 38.5 Å². The average molecular weight is 285 g/mol. The fourth-order valence-electron chi connectivity index (χ4n) is 2.31. The summed E-state index contributed by atoms with van der Waals surface area (Å²) in [6.07, 6.45) is 6.25. The topological polar surface area (TPSA) is 79.5 Å². The molecule has 1 saturated carbocycles. The zero-order valence-electron chi connectivity index (χ0n) is 12.4. The average Bonchev–Trinajstić information content (AvgIpc) is 2.45. The lowest BCUT2D eigenvalue weighted by molar-refractivity contribution is -0.122. The third kappa shape index (κ3) is 8.12. The van der Waals surface area contributed by atoms with Crippen molar-refractivity contribution in [3.63, 3.8) is 0 Å². The number of carbonyl (C=O) groups is 2. The van der Waals surface area contributed by atoms with Crippen LogP contribution >= 0.6 is 0 Å². The third-order valence-electron chi connectivity index (χ3n) is 3.41. The number of carbonyl (C=O) groups excluding carboxylic acids is 2. The molecule has 1 fully saturated rings. The molecule has 0 radical (unpaired) electrons. The predicted octanol–water partition coefficient (Wildman–Crippen LogP) is 0.178. The first kappa shape index (κ1) is 16.9. The molecule has 0 spiro atoms. The van der Waals surface area contributed by atoms with Gasteiger partial charge in [0.25, 0.3) is 0 Å². The molecule has 0 aromatic heterocycles. The van der Waals surface area contributed by atoms with Crippen LogP contribution in [0.5, 0.6) is 0 Å². The number of hydrogen-bond acceptors (Lipinski definition) is 4. The third-order valence-corrected chi connectivity index (χ3v) is 3.41. The van der Waals surface area contributed by atoms with Crippen LogP contribution in [0.4, 0.5) is 0 Å². The van der Waals surface area contributed by atoms with Gasteiger partial charge in [-0.25, -0.2) is 0 Å². The summed E-state index contributed by atoms with van der Waals surface area (Å²) in [6.45, 7) is 1.83. The lowest BCUT2D eigenvalue weighted by Gasteiger charge is -2.22. The van der Waals surface area contributed by atoms with E-state index < -0.39 is 0 Å². The molecule has 1 rings (SSSR count). The Hall–Kier alpha value is -1.14. The molecule has 0 atom stereocenters. The van der Waals surface area contributed by atoms with Crippen LogP contribution in [0.2, 0.25) is 0 Å². The highest BCUT2D eigenvalue weighted by Crippen LogP contribution is 2.16. The van der Waals surface area contributed by atoms with E-state index in [1.807, 2.05) is 0 Å². The molecule has 20 heavy (non-hydrogen) atoms. The molecular formula is C14H27N3O3. The highest BCUT2D eigenvalue weighted by atomic mass is 16.5. The first-order valence-electron chi connectivity index (χ1n) is 7.48. The minimum Gasteiger partial charge on any atom is -0.383 e. The Morgan fingerprint density at radius 2 is 1.85 bits per heavy atom. The van der Waals surface area contributed by atoms with E-state index in [9.17, 15) is 9.59 Å². The van der Waals surface area contributed by atoms with Gasteiger partial charge in [-0.05, 0) is 12.8 Å². The van der Waals surface area contributed by atoms with Gasteiger partial charge < -0.3 is 20.7 Å². The van der Waals surface area contributed by atoms with E-state index >= 15 is 0 Å². The second-order valence-corrected chi connectivity index (χ2v) is 5.17. The van der Waals surface area contributed by atoms with Gasteiger partial charge in [0, 0.05) is 32.7 Å². The minimum atomic E-state index is -0.0257. The maximum atomic E-state index is 11.7. The van der Waals surface area contributed by atoms with E-state index in [0.717, 1.165) is 12.8 Å². The number of nitrogens with one attached hydrogen (secondary N) is 3. The smallest absolute Gasteiger partial charge is 0.234 e. The number of ether oxygens (including phenoxy) is 1. The first-order chi connectivity index (χ1) is 9.72. The first-order valence-corrected chi connectivity index (χ1v) is 7.48. The SMILES string of the molecule is COCCNC(=O)CCNCC(=O)NC1CCCCC1. The summed E-state index contributed by atoms with van der Waals surface area (Å²) < 4.78 is 4.84. The molecule has 0 bridgehead atoms. The van der Waals surface area contributed by atoms with Crippen LogP contribution in [0, 0.1) is 0 Å². The normalized spacial score (nSPS) is 15.8. The molecule has 0 aromatic rings. The summed E-state index contributed by atoms with van der Waals surface area (Å²) in [5, 5.41) is 8.76. The number of hydrogen-bond donors (Lipinski definition) is 3. The second-order valence-electron chi connectivity index (χ2n) is 5.17. The van der Waals surface area contributed by atoms with Crippen LogP contribution in [0.3, 0.4) is 0 Å². The van der Waals surface area contributed by atoms with E-state index in [2.05, 4.69) is 16.0 Å².